The van der Waals surface area contributed by atoms with Gasteiger partial charge in [-0.15, -0.1) is 0 Å². The minimum atomic E-state index is -0.579. The van der Waals surface area contributed by atoms with E-state index >= 15 is 0 Å². The monoisotopic (exact) mass is 850 g/mol. The van der Waals surface area contributed by atoms with Gasteiger partial charge >= 0.3 is 0 Å². The van der Waals surface area contributed by atoms with Crippen LogP contribution >= 0.6 is 0 Å². The van der Waals surface area contributed by atoms with Crippen LogP contribution in [0.2, 0.25) is 0 Å². The number of nitrogens with zero attached hydrogens (tertiary/aromatic N) is 4. The number of carbonyl (C=O) groups excluding carboxylic acids is 5. The summed E-state index contributed by atoms with van der Waals surface area (Å²) in [5.74, 6) is -0.382. The van der Waals surface area contributed by atoms with Crippen molar-refractivity contribution >= 4 is 29.5 Å². The number of carbonyl (C=O) groups is 5. The molecule has 0 aromatic heterocycles. The van der Waals surface area contributed by atoms with Crippen molar-refractivity contribution in [3.63, 3.8) is 0 Å². The van der Waals surface area contributed by atoms with Crippen LogP contribution in [0, 0.1) is 11.8 Å². The van der Waals surface area contributed by atoms with Gasteiger partial charge in [0.15, 0.2) is 0 Å². The fourth-order valence-electron chi connectivity index (χ4n) is 7.49. The zero-order valence-electron chi connectivity index (χ0n) is 39.9. The largest absolute Gasteiger partial charge is 0.368 e. The zero-order chi connectivity index (χ0) is 44.8. The van der Waals surface area contributed by atoms with Gasteiger partial charge in [0.05, 0.1) is 32.7 Å². The molecule has 0 unspecified atom stereocenters. The predicted octanol–water partition coefficient (Wildman–Crippen LogP) is 8.05. The van der Waals surface area contributed by atoms with Gasteiger partial charge < -0.3 is 36.4 Å². The van der Waals surface area contributed by atoms with E-state index in [0.717, 1.165) is 96.3 Å². The summed E-state index contributed by atoms with van der Waals surface area (Å²) in [6.07, 6.45) is 25.5. The lowest BCUT2D eigenvalue weighted by molar-refractivity contribution is -0.146. The number of hydrogen-bond acceptors (Lipinski definition) is 7. The molecular formula is C48H95N7O5. The molecule has 5 amide bonds. The van der Waals surface area contributed by atoms with Crippen LogP contribution in [0.1, 0.15) is 196 Å². The molecule has 0 bridgehead atoms. The molecule has 0 radical (unpaired) electrons. The fourth-order valence-corrected chi connectivity index (χ4v) is 7.49. The molecule has 0 atom stereocenters. The Kier molecular flexibility index (Phi) is 37.4. The molecule has 60 heavy (non-hydrogen) atoms. The van der Waals surface area contributed by atoms with Gasteiger partial charge in [0.2, 0.25) is 29.5 Å². The molecular weight excluding hydrogens is 755 g/mol. The van der Waals surface area contributed by atoms with E-state index in [4.69, 9.17) is 11.5 Å². The van der Waals surface area contributed by atoms with Crippen molar-refractivity contribution in [2.24, 2.45) is 23.3 Å². The molecule has 0 heterocycles. The van der Waals surface area contributed by atoms with E-state index in [1.54, 1.807) is 14.7 Å². The Morgan fingerprint density at radius 2 is 0.733 bits per heavy atom. The molecule has 0 rings (SSSR count). The van der Waals surface area contributed by atoms with Crippen molar-refractivity contribution in [2.75, 3.05) is 72.0 Å². The van der Waals surface area contributed by atoms with E-state index in [9.17, 15) is 24.0 Å². The van der Waals surface area contributed by atoms with Crippen LogP contribution < -0.4 is 16.8 Å². The van der Waals surface area contributed by atoms with Crippen LogP contribution in [0.3, 0.4) is 0 Å². The molecule has 5 N–H and O–H groups in total. The van der Waals surface area contributed by atoms with Crippen LogP contribution in [0.15, 0.2) is 0 Å². The van der Waals surface area contributed by atoms with Gasteiger partial charge in [-0.25, -0.2) is 0 Å². The van der Waals surface area contributed by atoms with Crippen molar-refractivity contribution in [3.05, 3.63) is 0 Å². The Labute approximate surface area is 368 Å². The van der Waals surface area contributed by atoms with Crippen LogP contribution in [0.25, 0.3) is 0 Å². The van der Waals surface area contributed by atoms with Crippen LogP contribution in [-0.4, -0.2) is 121 Å². The van der Waals surface area contributed by atoms with Gasteiger partial charge in [-0.2, -0.15) is 0 Å². The quantitative estimate of drug-likeness (QED) is 0.0524. The summed E-state index contributed by atoms with van der Waals surface area (Å²) >= 11 is 0. The summed E-state index contributed by atoms with van der Waals surface area (Å²) in [6.45, 7) is 15.3. The summed E-state index contributed by atoms with van der Waals surface area (Å²) in [5, 5.41) is 3.09. The maximum Gasteiger partial charge on any atom is 0.242 e. The molecule has 0 saturated heterocycles. The van der Waals surface area contributed by atoms with Gasteiger partial charge in [0.1, 0.15) is 0 Å². The first-order valence-corrected chi connectivity index (χ1v) is 24.7. The third-order valence-corrected chi connectivity index (χ3v) is 11.3. The minimum absolute atomic E-state index is 0.0981. The molecule has 0 aliphatic carbocycles. The fraction of sp³-hybridized carbons (Fsp3) is 0.896. The molecule has 0 aliphatic heterocycles. The maximum atomic E-state index is 14.3. The van der Waals surface area contributed by atoms with Crippen LogP contribution in [0.5, 0.6) is 0 Å². The molecule has 12 nitrogen and oxygen atoms in total. The van der Waals surface area contributed by atoms with Crippen molar-refractivity contribution in [1.29, 1.82) is 0 Å². The van der Waals surface area contributed by atoms with Crippen molar-refractivity contribution < 1.29 is 24.0 Å². The molecule has 0 aromatic carbocycles. The van der Waals surface area contributed by atoms with Crippen molar-refractivity contribution in [3.8, 4) is 0 Å². The van der Waals surface area contributed by atoms with Gasteiger partial charge in [0, 0.05) is 39.3 Å². The first-order chi connectivity index (χ1) is 28.9. The zero-order valence-corrected chi connectivity index (χ0v) is 39.9. The maximum absolute atomic E-state index is 14.3. The lowest BCUT2D eigenvalue weighted by Crippen LogP contribution is -2.51. The highest BCUT2D eigenvalue weighted by atomic mass is 16.2. The number of rotatable bonds is 42. The standard InChI is InChI=1S/C48H95N7O5/c1-7-9-11-13-15-17-19-25-34-53(45(57)37-51-32-31-49)39-47(59)55(36-28-22-24-30-43(5)6)41-48(60)54(35-26-20-18-16-14-12-10-8-2)40-46(58)52(38-44(50)56)33-27-21-23-29-42(3)4/h42-43,51H,7-41,49H2,1-6H3,(H2,50,56). The van der Waals surface area contributed by atoms with Gasteiger partial charge in [-0.05, 0) is 37.5 Å². The molecule has 0 aromatic rings. The normalized spacial score (nSPS) is 11.3. The summed E-state index contributed by atoms with van der Waals surface area (Å²) < 4.78 is 0. The van der Waals surface area contributed by atoms with Crippen LogP contribution in [0.4, 0.5) is 0 Å². The van der Waals surface area contributed by atoms with Gasteiger partial charge in [0.25, 0.3) is 0 Å². The Morgan fingerprint density at radius 1 is 0.433 bits per heavy atom. The smallest absolute Gasteiger partial charge is 0.242 e. The molecule has 0 saturated carbocycles. The van der Waals surface area contributed by atoms with Gasteiger partial charge in [-0.3, -0.25) is 24.0 Å². The topological polar surface area (TPSA) is 162 Å². The van der Waals surface area contributed by atoms with Crippen molar-refractivity contribution in [2.45, 2.75) is 196 Å². The van der Waals surface area contributed by atoms with Gasteiger partial charge in [-0.1, -0.05) is 170 Å². The first kappa shape index (κ1) is 57.3. The lowest BCUT2D eigenvalue weighted by atomic mass is 10.1. The number of amides is 5. The summed E-state index contributed by atoms with van der Waals surface area (Å²) in [4.78, 5) is 74.3. The van der Waals surface area contributed by atoms with E-state index < -0.39 is 5.91 Å². The van der Waals surface area contributed by atoms with E-state index in [1.165, 1.54) is 62.7 Å². The first-order valence-electron chi connectivity index (χ1n) is 24.7. The molecule has 12 heteroatoms. The second kappa shape index (κ2) is 39.1. The highest BCUT2D eigenvalue weighted by molar-refractivity contribution is 5.91. The number of nitrogens with one attached hydrogen (secondary N) is 1. The van der Waals surface area contributed by atoms with E-state index in [0.29, 0.717) is 51.1 Å². The lowest BCUT2D eigenvalue weighted by Gasteiger charge is -2.31. The highest BCUT2D eigenvalue weighted by Crippen LogP contribution is 2.14. The molecule has 352 valence electrons. The number of primary amides is 1. The third kappa shape index (κ3) is 33.0. The third-order valence-electron chi connectivity index (χ3n) is 11.3. The second-order valence-electron chi connectivity index (χ2n) is 18.1. The van der Waals surface area contributed by atoms with Crippen molar-refractivity contribution in [1.82, 2.24) is 24.9 Å². The average molecular weight is 850 g/mol. The van der Waals surface area contributed by atoms with Crippen LogP contribution in [-0.2, 0) is 24.0 Å². The Hall–Kier alpha value is -2.73. The molecule has 0 spiro atoms. The number of hydrogen-bond donors (Lipinski definition) is 3. The SMILES string of the molecule is CCCCCCCCCCN(CC(=O)N(CCCCCC(C)C)CC(=O)N(CCCCCCCCCC)CC(=O)N(CCCCCC(C)C)CC(N)=O)C(=O)CNCCN. The minimum Gasteiger partial charge on any atom is -0.368 e. The average Bonchev–Trinajstić information content (AvgIpc) is 3.20. The molecule has 0 aliphatic rings. The van der Waals surface area contributed by atoms with E-state index in [-0.39, 0.29) is 56.4 Å². The van der Waals surface area contributed by atoms with E-state index in [2.05, 4.69) is 46.9 Å². The number of nitrogens with two attached hydrogens (primary N) is 2. The Bertz CT molecular complexity index is 1100. The Balaban J connectivity index is 6.15. The molecule has 0 fully saturated rings. The second-order valence-corrected chi connectivity index (χ2v) is 18.1. The summed E-state index contributed by atoms with van der Waals surface area (Å²) in [7, 11) is 0. The van der Waals surface area contributed by atoms with E-state index in [1.807, 2.05) is 0 Å². The highest BCUT2D eigenvalue weighted by Gasteiger charge is 2.27. The predicted molar refractivity (Wildman–Crippen MR) is 249 cm³/mol. The summed E-state index contributed by atoms with van der Waals surface area (Å²) in [5.41, 5.74) is 11.3. The summed E-state index contributed by atoms with van der Waals surface area (Å²) in [6, 6.07) is 0. The number of unbranched alkanes of at least 4 members (excludes halogenated alkanes) is 18. The Morgan fingerprint density at radius 3 is 1.05 bits per heavy atom.